The van der Waals surface area contributed by atoms with Crippen molar-refractivity contribution in [2.24, 2.45) is 0 Å². The molecule has 1 saturated heterocycles. The lowest BCUT2D eigenvalue weighted by Crippen LogP contribution is -2.37. The Bertz CT molecular complexity index is 503. The third kappa shape index (κ3) is 3.27. The van der Waals surface area contributed by atoms with E-state index in [9.17, 15) is 9.59 Å². The molecule has 0 radical (unpaired) electrons. The van der Waals surface area contributed by atoms with Crippen LogP contribution in [0.25, 0.3) is 0 Å². The van der Waals surface area contributed by atoms with Crippen molar-refractivity contribution in [3.8, 4) is 5.75 Å². The number of halogens is 1. The van der Waals surface area contributed by atoms with Crippen molar-refractivity contribution in [2.75, 3.05) is 20.2 Å². The van der Waals surface area contributed by atoms with E-state index in [1.807, 2.05) is 0 Å². The number of nitrogens with one attached hydrogen (secondary N) is 1. The van der Waals surface area contributed by atoms with Gasteiger partial charge < -0.3 is 15.0 Å². The molecule has 2 heterocycles. The standard InChI is InChI=1S/C12H15BrN2O3S/c1-7(16)15-4-3-8(6-15)14-12(17)10-5-9(18-2)11(13)19-10/h5,8H,3-4,6H2,1-2H3,(H,14,17). The Morgan fingerprint density at radius 3 is 2.84 bits per heavy atom. The minimum Gasteiger partial charge on any atom is -0.495 e. The molecule has 2 amide bonds. The number of thiophene rings is 1. The Morgan fingerprint density at radius 2 is 2.32 bits per heavy atom. The van der Waals surface area contributed by atoms with Crippen LogP contribution in [0.2, 0.25) is 0 Å². The fraction of sp³-hybridized carbons (Fsp3) is 0.500. The topological polar surface area (TPSA) is 58.6 Å². The molecule has 1 fully saturated rings. The summed E-state index contributed by atoms with van der Waals surface area (Å²) in [5, 5.41) is 2.95. The average Bonchev–Trinajstić information content (AvgIpc) is 2.95. The lowest BCUT2D eigenvalue weighted by molar-refractivity contribution is -0.127. The maximum absolute atomic E-state index is 12.1. The first-order chi connectivity index (χ1) is 9.01. The number of hydrogen-bond acceptors (Lipinski definition) is 4. The van der Waals surface area contributed by atoms with Crippen molar-refractivity contribution in [1.29, 1.82) is 0 Å². The van der Waals surface area contributed by atoms with Crippen LogP contribution in [-0.2, 0) is 4.79 Å². The lowest BCUT2D eigenvalue weighted by atomic mass is 10.2. The van der Waals surface area contributed by atoms with Gasteiger partial charge in [0, 0.05) is 32.1 Å². The van der Waals surface area contributed by atoms with Crippen LogP contribution >= 0.6 is 27.3 Å². The van der Waals surface area contributed by atoms with Gasteiger partial charge in [0.2, 0.25) is 5.91 Å². The molecule has 7 heteroatoms. The number of carbonyl (C=O) groups is 2. The zero-order valence-electron chi connectivity index (χ0n) is 10.7. The fourth-order valence-electron chi connectivity index (χ4n) is 2.02. The summed E-state index contributed by atoms with van der Waals surface area (Å²) in [5.74, 6) is 0.591. The molecule has 104 valence electrons. The number of ether oxygens (including phenoxy) is 1. The monoisotopic (exact) mass is 346 g/mol. The predicted octanol–water partition coefficient (Wildman–Crippen LogP) is 1.87. The van der Waals surface area contributed by atoms with E-state index in [4.69, 9.17) is 4.74 Å². The number of nitrogens with zero attached hydrogens (tertiary/aromatic N) is 1. The average molecular weight is 347 g/mol. The zero-order chi connectivity index (χ0) is 14.0. The van der Waals surface area contributed by atoms with Crippen LogP contribution in [0.15, 0.2) is 9.85 Å². The Balaban J connectivity index is 1.96. The summed E-state index contributed by atoms with van der Waals surface area (Å²) in [4.78, 5) is 25.7. The molecule has 2 rings (SSSR count). The van der Waals surface area contributed by atoms with Gasteiger partial charge in [0.15, 0.2) is 0 Å². The van der Waals surface area contributed by atoms with Gasteiger partial charge in [-0.3, -0.25) is 9.59 Å². The Labute approximate surface area is 124 Å². The summed E-state index contributed by atoms with van der Waals surface area (Å²) >= 11 is 4.68. The summed E-state index contributed by atoms with van der Waals surface area (Å²) in [6, 6.07) is 1.74. The number of carbonyl (C=O) groups excluding carboxylic acids is 2. The molecule has 0 spiro atoms. The van der Waals surface area contributed by atoms with Crippen molar-refractivity contribution in [1.82, 2.24) is 10.2 Å². The second-order valence-corrected chi connectivity index (χ2v) is 6.75. The van der Waals surface area contributed by atoms with Crippen molar-refractivity contribution < 1.29 is 14.3 Å². The smallest absolute Gasteiger partial charge is 0.261 e. The Kier molecular flexibility index (Phi) is 4.46. The van der Waals surface area contributed by atoms with E-state index in [0.29, 0.717) is 23.7 Å². The Morgan fingerprint density at radius 1 is 1.58 bits per heavy atom. The molecule has 1 unspecified atom stereocenters. The van der Waals surface area contributed by atoms with E-state index in [0.717, 1.165) is 10.2 Å². The second-order valence-electron chi connectivity index (χ2n) is 4.38. The first-order valence-corrected chi connectivity index (χ1v) is 7.52. The Hall–Kier alpha value is -1.08. The summed E-state index contributed by atoms with van der Waals surface area (Å²) in [5.41, 5.74) is 0. The molecule has 0 saturated carbocycles. The molecule has 1 N–H and O–H groups in total. The molecule has 1 aromatic heterocycles. The SMILES string of the molecule is COc1cc(C(=O)NC2CCN(C(C)=O)C2)sc1Br. The molecular formula is C12H15BrN2O3S. The van der Waals surface area contributed by atoms with E-state index in [-0.39, 0.29) is 17.9 Å². The van der Waals surface area contributed by atoms with Crippen LogP contribution in [0, 0.1) is 0 Å². The summed E-state index contributed by atoms with van der Waals surface area (Å²) in [6.07, 6.45) is 0.801. The summed E-state index contributed by atoms with van der Waals surface area (Å²) < 4.78 is 5.93. The maximum Gasteiger partial charge on any atom is 0.261 e. The first-order valence-electron chi connectivity index (χ1n) is 5.91. The highest BCUT2D eigenvalue weighted by Crippen LogP contribution is 2.34. The highest BCUT2D eigenvalue weighted by molar-refractivity contribution is 9.11. The quantitative estimate of drug-likeness (QED) is 0.908. The van der Waals surface area contributed by atoms with Crippen molar-refractivity contribution in [3.63, 3.8) is 0 Å². The van der Waals surface area contributed by atoms with Crippen molar-refractivity contribution in [3.05, 3.63) is 14.7 Å². The van der Waals surface area contributed by atoms with Gasteiger partial charge in [-0.05, 0) is 22.4 Å². The second kappa shape index (κ2) is 5.92. The molecule has 19 heavy (non-hydrogen) atoms. The number of hydrogen-bond donors (Lipinski definition) is 1. The molecule has 1 aromatic rings. The zero-order valence-corrected chi connectivity index (χ0v) is 13.1. The van der Waals surface area contributed by atoms with Crippen LogP contribution in [0.5, 0.6) is 5.75 Å². The van der Waals surface area contributed by atoms with E-state index >= 15 is 0 Å². The summed E-state index contributed by atoms with van der Waals surface area (Å²) in [7, 11) is 1.57. The van der Waals surface area contributed by atoms with Crippen molar-refractivity contribution >= 4 is 39.1 Å². The third-order valence-corrected chi connectivity index (χ3v) is 4.85. The molecule has 0 aliphatic carbocycles. The minimum absolute atomic E-state index is 0.0308. The minimum atomic E-state index is -0.121. The highest BCUT2D eigenvalue weighted by atomic mass is 79.9. The number of methoxy groups -OCH3 is 1. The van der Waals surface area contributed by atoms with Crippen LogP contribution in [0.3, 0.4) is 0 Å². The van der Waals surface area contributed by atoms with Gasteiger partial charge in [-0.25, -0.2) is 0 Å². The van der Waals surface area contributed by atoms with Gasteiger partial charge in [0.1, 0.15) is 9.54 Å². The number of amides is 2. The van der Waals surface area contributed by atoms with E-state index in [1.54, 1.807) is 25.0 Å². The van der Waals surface area contributed by atoms with E-state index in [2.05, 4.69) is 21.2 Å². The van der Waals surface area contributed by atoms with Crippen LogP contribution in [0.1, 0.15) is 23.0 Å². The van der Waals surface area contributed by atoms with E-state index in [1.165, 1.54) is 11.3 Å². The highest BCUT2D eigenvalue weighted by Gasteiger charge is 2.26. The third-order valence-electron chi connectivity index (χ3n) is 3.07. The van der Waals surface area contributed by atoms with Gasteiger partial charge in [0.25, 0.3) is 5.91 Å². The van der Waals surface area contributed by atoms with Crippen LogP contribution in [0.4, 0.5) is 0 Å². The molecule has 5 nitrogen and oxygen atoms in total. The molecule has 0 aromatic carbocycles. The maximum atomic E-state index is 12.1. The van der Waals surface area contributed by atoms with Crippen molar-refractivity contribution in [2.45, 2.75) is 19.4 Å². The van der Waals surface area contributed by atoms with Gasteiger partial charge in [-0.2, -0.15) is 0 Å². The van der Waals surface area contributed by atoms with Gasteiger partial charge >= 0.3 is 0 Å². The summed E-state index contributed by atoms with van der Waals surface area (Å²) in [6.45, 7) is 2.84. The largest absolute Gasteiger partial charge is 0.495 e. The fourth-order valence-corrected chi connectivity index (χ4v) is 3.58. The lowest BCUT2D eigenvalue weighted by Gasteiger charge is -2.14. The molecule has 1 aliphatic heterocycles. The molecule has 0 bridgehead atoms. The van der Waals surface area contributed by atoms with Crippen LogP contribution < -0.4 is 10.1 Å². The number of likely N-dealkylation sites (tertiary alicyclic amines) is 1. The normalized spacial score (nSPS) is 18.5. The first kappa shape index (κ1) is 14.3. The van der Waals surface area contributed by atoms with Gasteiger partial charge in [-0.1, -0.05) is 0 Å². The van der Waals surface area contributed by atoms with Gasteiger partial charge in [-0.15, -0.1) is 11.3 Å². The van der Waals surface area contributed by atoms with Gasteiger partial charge in [0.05, 0.1) is 12.0 Å². The molecular weight excluding hydrogens is 332 g/mol. The number of rotatable bonds is 3. The molecule has 1 atom stereocenters. The van der Waals surface area contributed by atoms with E-state index < -0.39 is 0 Å². The molecule has 1 aliphatic rings. The van der Waals surface area contributed by atoms with Crippen LogP contribution in [-0.4, -0.2) is 43.0 Å². The predicted molar refractivity (Wildman–Crippen MR) is 76.7 cm³/mol.